The first-order valence-corrected chi connectivity index (χ1v) is 6.26. The molecule has 1 heterocycles. The fourth-order valence-corrected chi connectivity index (χ4v) is 2.24. The normalized spacial score (nSPS) is 10.8. The lowest BCUT2D eigenvalue weighted by Gasteiger charge is -2.04. The van der Waals surface area contributed by atoms with Crippen molar-refractivity contribution in [3.63, 3.8) is 0 Å². The molecule has 0 spiro atoms. The van der Waals surface area contributed by atoms with Gasteiger partial charge in [-0.15, -0.1) is 0 Å². The molecule has 5 heteroatoms. The van der Waals surface area contributed by atoms with Gasteiger partial charge in [0.2, 0.25) is 5.89 Å². The standard InChI is InChI=1S/C14H7Cl2NO2/c15-10-6-2-1-4-8(10)13-17-12-9(14(18)19-13)5-3-7-11(12)16/h1-7H. The molecular formula is C14H7Cl2NO2. The number of rotatable bonds is 1. The van der Waals surface area contributed by atoms with E-state index in [2.05, 4.69) is 4.98 Å². The molecule has 0 fully saturated rings. The van der Waals surface area contributed by atoms with Gasteiger partial charge in [0.1, 0.15) is 5.52 Å². The van der Waals surface area contributed by atoms with E-state index in [1.807, 2.05) is 0 Å². The summed E-state index contributed by atoms with van der Waals surface area (Å²) in [7, 11) is 0. The maximum atomic E-state index is 11.9. The third-order valence-corrected chi connectivity index (χ3v) is 3.35. The molecule has 0 aliphatic heterocycles. The summed E-state index contributed by atoms with van der Waals surface area (Å²) in [5.74, 6) is 0.163. The molecule has 0 radical (unpaired) electrons. The van der Waals surface area contributed by atoms with E-state index in [1.165, 1.54) is 0 Å². The molecule has 2 aromatic carbocycles. The van der Waals surface area contributed by atoms with Crippen molar-refractivity contribution in [1.82, 2.24) is 4.98 Å². The third kappa shape index (κ3) is 2.11. The first-order valence-electron chi connectivity index (χ1n) is 5.51. The van der Waals surface area contributed by atoms with Crippen LogP contribution < -0.4 is 5.63 Å². The highest BCUT2D eigenvalue weighted by Crippen LogP contribution is 2.27. The zero-order valence-electron chi connectivity index (χ0n) is 9.56. The highest BCUT2D eigenvalue weighted by Gasteiger charge is 2.12. The van der Waals surface area contributed by atoms with Gasteiger partial charge in [-0.2, -0.15) is 0 Å². The molecule has 3 rings (SSSR count). The van der Waals surface area contributed by atoms with Crippen molar-refractivity contribution < 1.29 is 4.42 Å². The van der Waals surface area contributed by atoms with Crippen LogP contribution in [-0.4, -0.2) is 4.98 Å². The minimum Gasteiger partial charge on any atom is -0.403 e. The van der Waals surface area contributed by atoms with E-state index < -0.39 is 5.63 Å². The molecule has 3 nitrogen and oxygen atoms in total. The Morgan fingerprint density at radius 1 is 0.947 bits per heavy atom. The molecule has 0 saturated carbocycles. The summed E-state index contributed by atoms with van der Waals surface area (Å²) >= 11 is 12.1. The number of hydrogen-bond donors (Lipinski definition) is 0. The molecule has 0 saturated heterocycles. The third-order valence-electron chi connectivity index (χ3n) is 2.71. The SMILES string of the molecule is O=c1oc(-c2ccccc2Cl)nc2c(Cl)cccc12. The summed E-state index contributed by atoms with van der Waals surface area (Å²) in [6, 6.07) is 12.0. The van der Waals surface area contributed by atoms with Crippen molar-refractivity contribution in [3.8, 4) is 11.5 Å². The fourth-order valence-electron chi connectivity index (χ4n) is 1.81. The van der Waals surface area contributed by atoms with Crippen molar-refractivity contribution in [2.75, 3.05) is 0 Å². The smallest absolute Gasteiger partial charge is 0.347 e. The molecule has 0 unspecified atom stereocenters. The van der Waals surface area contributed by atoms with Crippen LogP contribution in [0.1, 0.15) is 0 Å². The van der Waals surface area contributed by atoms with Gasteiger partial charge in [-0.05, 0) is 24.3 Å². The Morgan fingerprint density at radius 2 is 1.68 bits per heavy atom. The second-order valence-corrected chi connectivity index (χ2v) is 4.74. The van der Waals surface area contributed by atoms with Gasteiger partial charge in [0.05, 0.1) is 21.0 Å². The predicted molar refractivity (Wildman–Crippen MR) is 75.7 cm³/mol. The zero-order valence-corrected chi connectivity index (χ0v) is 11.1. The fraction of sp³-hybridized carbons (Fsp3) is 0. The molecule has 0 atom stereocenters. The van der Waals surface area contributed by atoms with E-state index in [0.29, 0.717) is 26.5 Å². The quantitative estimate of drug-likeness (QED) is 0.676. The van der Waals surface area contributed by atoms with E-state index in [9.17, 15) is 4.79 Å². The van der Waals surface area contributed by atoms with Crippen LogP contribution in [0.4, 0.5) is 0 Å². The second kappa shape index (κ2) is 4.68. The van der Waals surface area contributed by atoms with E-state index in [-0.39, 0.29) is 5.89 Å². The second-order valence-electron chi connectivity index (χ2n) is 3.92. The largest absolute Gasteiger partial charge is 0.403 e. The Labute approximate surface area is 118 Å². The summed E-state index contributed by atoms with van der Waals surface area (Å²) < 4.78 is 5.20. The molecule has 0 aliphatic rings. The molecule has 0 bridgehead atoms. The summed E-state index contributed by atoms with van der Waals surface area (Å²) in [6.07, 6.45) is 0. The molecule has 94 valence electrons. The van der Waals surface area contributed by atoms with Crippen LogP contribution in [0, 0.1) is 0 Å². The average molecular weight is 292 g/mol. The Bertz CT molecular complexity index is 827. The maximum absolute atomic E-state index is 11.9. The summed E-state index contributed by atoms with van der Waals surface area (Å²) in [4.78, 5) is 16.2. The van der Waals surface area contributed by atoms with Crippen LogP contribution in [0.5, 0.6) is 0 Å². The van der Waals surface area contributed by atoms with Gasteiger partial charge in [0.15, 0.2) is 0 Å². The Hall–Kier alpha value is -1.84. The molecule has 19 heavy (non-hydrogen) atoms. The molecule has 0 aliphatic carbocycles. The predicted octanol–water partition coefficient (Wildman–Crippen LogP) is 4.16. The summed E-state index contributed by atoms with van der Waals surface area (Å²) in [5, 5.41) is 1.21. The molecular weight excluding hydrogens is 285 g/mol. The number of para-hydroxylation sites is 1. The van der Waals surface area contributed by atoms with E-state index in [1.54, 1.807) is 42.5 Å². The minimum absolute atomic E-state index is 0.163. The number of fused-ring (bicyclic) bond motifs is 1. The van der Waals surface area contributed by atoms with Crippen molar-refractivity contribution in [2.45, 2.75) is 0 Å². The summed E-state index contributed by atoms with van der Waals surface area (Å²) in [6.45, 7) is 0. The van der Waals surface area contributed by atoms with Gasteiger partial charge in [-0.1, -0.05) is 41.4 Å². The zero-order chi connectivity index (χ0) is 13.4. The van der Waals surface area contributed by atoms with Gasteiger partial charge in [0, 0.05) is 0 Å². The maximum Gasteiger partial charge on any atom is 0.347 e. The molecule has 3 aromatic rings. The monoisotopic (exact) mass is 291 g/mol. The van der Waals surface area contributed by atoms with Gasteiger partial charge < -0.3 is 4.42 Å². The van der Waals surface area contributed by atoms with Crippen molar-refractivity contribution in [2.24, 2.45) is 0 Å². The van der Waals surface area contributed by atoms with Gasteiger partial charge in [-0.3, -0.25) is 0 Å². The topological polar surface area (TPSA) is 43.1 Å². The van der Waals surface area contributed by atoms with Crippen molar-refractivity contribution in [3.05, 3.63) is 62.9 Å². The van der Waals surface area contributed by atoms with Crippen LogP contribution in [0.25, 0.3) is 22.4 Å². The highest BCUT2D eigenvalue weighted by molar-refractivity contribution is 6.35. The van der Waals surface area contributed by atoms with Gasteiger partial charge >= 0.3 is 5.63 Å². The van der Waals surface area contributed by atoms with Crippen molar-refractivity contribution in [1.29, 1.82) is 0 Å². The summed E-state index contributed by atoms with van der Waals surface area (Å²) in [5.41, 5.74) is 0.487. The first kappa shape index (κ1) is 12.2. The van der Waals surface area contributed by atoms with Crippen LogP contribution in [-0.2, 0) is 0 Å². The van der Waals surface area contributed by atoms with Gasteiger partial charge in [0.25, 0.3) is 0 Å². The van der Waals surface area contributed by atoms with Crippen LogP contribution in [0.2, 0.25) is 10.0 Å². The van der Waals surface area contributed by atoms with E-state index in [4.69, 9.17) is 27.6 Å². The molecule has 0 amide bonds. The lowest BCUT2D eigenvalue weighted by Crippen LogP contribution is -2.03. The lowest BCUT2D eigenvalue weighted by atomic mass is 10.2. The highest BCUT2D eigenvalue weighted by atomic mass is 35.5. The number of benzene rings is 2. The number of halogens is 2. The molecule has 1 aromatic heterocycles. The van der Waals surface area contributed by atoms with Gasteiger partial charge in [-0.25, -0.2) is 9.78 Å². The minimum atomic E-state index is -0.484. The first-order chi connectivity index (χ1) is 9.16. The van der Waals surface area contributed by atoms with Crippen LogP contribution in [0.3, 0.4) is 0 Å². The number of nitrogens with zero attached hydrogens (tertiary/aromatic N) is 1. The van der Waals surface area contributed by atoms with Crippen LogP contribution in [0.15, 0.2) is 51.7 Å². The lowest BCUT2D eigenvalue weighted by molar-refractivity contribution is 0.518. The Balaban J connectivity index is 2.36. The number of aromatic nitrogens is 1. The molecule has 0 N–H and O–H groups in total. The van der Waals surface area contributed by atoms with E-state index in [0.717, 1.165) is 0 Å². The van der Waals surface area contributed by atoms with Crippen LogP contribution >= 0.6 is 23.2 Å². The van der Waals surface area contributed by atoms with E-state index >= 15 is 0 Å². The Kier molecular flexibility index (Phi) is 3.01. The Morgan fingerprint density at radius 3 is 2.47 bits per heavy atom. The number of hydrogen-bond acceptors (Lipinski definition) is 3. The average Bonchev–Trinajstić information content (AvgIpc) is 2.40. The van der Waals surface area contributed by atoms with Crippen molar-refractivity contribution >= 4 is 34.1 Å².